The molecule has 2 rings (SSSR count). The minimum atomic E-state index is -0.833. The fraction of sp³-hybridized carbons (Fsp3) is 0.222. The fourth-order valence-electron chi connectivity index (χ4n) is 0.642. The van der Waals surface area contributed by atoms with Gasteiger partial charge in [0, 0.05) is 71.1 Å². The van der Waals surface area contributed by atoms with Crippen molar-refractivity contribution in [3.63, 3.8) is 0 Å². The number of rotatable bonds is 0. The Morgan fingerprint density at radius 1 is 0.517 bits per heavy atom. The summed E-state index contributed by atoms with van der Waals surface area (Å²) in [6.07, 6.45) is 0. The van der Waals surface area contributed by atoms with Crippen molar-refractivity contribution in [2.24, 2.45) is 0 Å². The van der Waals surface area contributed by atoms with E-state index in [0.717, 1.165) is 27.7 Å². The standard InChI is InChI=1S/2C5H5.4C2H4O2.H2O.2Ti/c2*1-2-4-5-3-1;4*1-2(3)4;;;/h2*1-5H;4*1H3,(H,3,4);1H2;;/q2*-1;;;;;;;. The second-order valence-electron chi connectivity index (χ2n) is 4.00. The van der Waals surface area contributed by atoms with Gasteiger partial charge in [0.05, 0.1) is 0 Å². The summed E-state index contributed by atoms with van der Waals surface area (Å²) >= 11 is 0. The topological polar surface area (TPSA) is 181 Å². The normalized spacial score (nSPS) is 6.21. The van der Waals surface area contributed by atoms with Crippen molar-refractivity contribution in [3.8, 4) is 0 Å². The van der Waals surface area contributed by atoms with Gasteiger partial charge in [0.1, 0.15) is 0 Å². The van der Waals surface area contributed by atoms with E-state index in [1.165, 1.54) is 0 Å². The zero-order chi connectivity index (χ0) is 21.4. The Morgan fingerprint density at radius 2 is 0.621 bits per heavy atom. The summed E-state index contributed by atoms with van der Waals surface area (Å²) in [6.45, 7) is 4.33. The predicted molar refractivity (Wildman–Crippen MR) is 101 cm³/mol. The maximum Gasteiger partial charge on any atom is 0.300 e. The molecule has 0 unspecified atom stereocenters. The van der Waals surface area contributed by atoms with E-state index in [2.05, 4.69) is 0 Å². The molecule has 2 aromatic carbocycles. The van der Waals surface area contributed by atoms with Crippen molar-refractivity contribution in [2.45, 2.75) is 27.7 Å². The van der Waals surface area contributed by atoms with Gasteiger partial charge in [-0.1, -0.05) is 0 Å². The monoisotopic (exact) mass is 484 g/mol. The van der Waals surface area contributed by atoms with E-state index in [-0.39, 0.29) is 48.9 Å². The van der Waals surface area contributed by atoms with Gasteiger partial charge in [0.2, 0.25) is 0 Å². The molecule has 11 heteroatoms. The minimum Gasteiger partial charge on any atom is -0.481 e. The molecule has 2 aromatic rings. The maximum absolute atomic E-state index is 9.00. The zero-order valence-corrected chi connectivity index (χ0v) is 19.8. The second-order valence-corrected chi connectivity index (χ2v) is 4.00. The van der Waals surface area contributed by atoms with Gasteiger partial charge in [-0.25, -0.2) is 24.3 Å². The molecule has 29 heavy (non-hydrogen) atoms. The van der Waals surface area contributed by atoms with Crippen molar-refractivity contribution in [1.82, 2.24) is 0 Å². The van der Waals surface area contributed by atoms with E-state index in [4.69, 9.17) is 39.6 Å². The largest absolute Gasteiger partial charge is 0.481 e. The Hall–Kier alpha value is -2.03. The van der Waals surface area contributed by atoms with Crippen molar-refractivity contribution in [3.05, 3.63) is 60.7 Å². The summed E-state index contributed by atoms with van der Waals surface area (Å²) in [4.78, 5) is 36.0. The van der Waals surface area contributed by atoms with Gasteiger partial charge in [0.15, 0.2) is 0 Å². The molecule has 164 valence electrons. The number of carboxylic acids is 4. The third-order valence-corrected chi connectivity index (χ3v) is 1.11. The van der Waals surface area contributed by atoms with Crippen LogP contribution in [0.4, 0.5) is 0 Å². The molecule has 0 aromatic heterocycles. The Balaban J connectivity index is -0.0000000395. The SMILES string of the molecule is CC(=O)O.CC(=O)O.CC(=O)O.CC(=O)O.O.[Ti].[Ti].c1cc[cH-]c1.c1cc[cH-]c1. The van der Waals surface area contributed by atoms with Gasteiger partial charge in [-0.2, -0.15) is 36.4 Å². The van der Waals surface area contributed by atoms with Crippen LogP contribution in [0.2, 0.25) is 0 Å². The summed E-state index contributed by atoms with van der Waals surface area (Å²) in [7, 11) is 0. The smallest absolute Gasteiger partial charge is 0.300 e. The van der Waals surface area contributed by atoms with Gasteiger partial charge in [0.25, 0.3) is 23.9 Å². The molecule has 0 heterocycles. The molecular weight excluding hydrogens is 456 g/mol. The van der Waals surface area contributed by atoms with Crippen LogP contribution in [0.3, 0.4) is 0 Å². The van der Waals surface area contributed by atoms with Crippen LogP contribution in [-0.2, 0) is 62.6 Å². The first-order valence-corrected chi connectivity index (χ1v) is 7.04. The summed E-state index contributed by atoms with van der Waals surface area (Å²) in [5, 5.41) is 29.7. The fourth-order valence-corrected chi connectivity index (χ4v) is 0.642. The Bertz CT molecular complexity index is 415. The van der Waals surface area contributed by atoms with Crippen molar-refractivity contribution in [1.29, 1.82) is 0 Å². The molecule has 0 atom stereocenters. The van der Waals surface area contributed by atoms with E-state index < -0.39 is 23.9 Å². The molecule has 9 nitrogen and oxygen atoms in total. The molecule has 0 saturated carbocycles. The summed E-state index contributed by atoms with van der Waals surface area (Å²) in [5.41, 5.74) is 0. The number of aliphatic carboxylic acids is 4. The van der Waals surface area contributed by atoms with Crippen LogP contribution in [0.15, 0.2) is 60.7 Å². The van der Waals surface area contributed by atoms with Gasteiger partial charge < -0.3 is 25.9 Å². The van der Waals surface area contributed by atoms with E-state index in [9.17, 15) is 0 Å². The van der Waals surface area contributed by atoms with Crippen LogP contribution < -0.4 is 0 Å². The predicted octanol–water partition coefficient (Wildman–Crippen LogP) is 2.34. The summed E-state index contributed by atoms with van der Waals surface area (Å²) in [5.74, 6) is -3.33. The quantitative estimate of drug-likeness (QED) is 0.325. The number of carboxylic acid groups (broad SMARTS) is 4. The first-order valence-electron chi connectivity index (χ1n) is 7.04. The molecular formula is C18H28O9Ti2-2. The summed E-state index contributed by atoms with van der Waals surface area (Å²) < 4.78 is 0. The first-order chi connectivity index (χ1) is 11.9. The number of carbonyl (C=O) groups is 4. The molecule has 0 aliphatic rings. The Morgan fingerprint density at radius 3 is 0.655 bits per heavy atom. The van der Waals surface area contributed by atoms with Crippen LogP contribution in [0.25, 0.3) is 0 Å². The molecule has 0 aliphatic carbocycles. The number of hydrogen-bond acceptors (Lipinski definition) is 4. The molecule has 0 spiro atoms. The van der Waals surface area contributed by atoms with E-state index in [0.29, 0.717) is 0 Å². The van der Waals surface area contributed by atoms with Crippen molar-refractivity contribution >= 4 is 23.9 Å². The average molecular weight is 484 g/mol. The van der Waals surface area contributed by atoms with Crippen LogP contribution in [0.5, 0.6) is 0 Å². The van der Waals surface area contributed by atoms with Gasteiger partial charge in [-0.05, 0) is 0 Å². The molecule has 0 radical (unpaired) electrons. The van der Waals surface area contributed by atoms with Crippen LogP contribution in [0.1, 0.15) is 27.7 Å². The van der Waals surface area contributed by atoms with E-state index >= 15 is 0 Å². The molecule has 0 bridgehead atoms. The molecule has 0 saturated heterocycles. The van der Waals surface area contributed by atoms with Crippen LogP contribution in [-0.4, -0.2) is 49.8 Å². The summed E-state index contributed by atoms with van der Waals surface area (Å²) in [6, 6.07) is 20.0. The average Bonchev–Trinajstić information content (AvgIpc) is 3.16. The third-order valence-electron chi connectivity index (χ3n) is 1.11. The first kappa shape index (κ1) is 45.6. The van der Waals surface area contributed by atoms with Crippen LogP contribution >= 0.6 is 0 Å². The van der Waals surface area contributed by atoms with E-state index in [1.807, 2.05) is 60.7 Å². The Kier molecular flexibility index (Phi) is 63.9. The molecule has 0 aliphatic heterocycles. The molecule has 6 N–H and O–H groups in total. The van der Waals surface area contributed by atoms with E-state index in [1.54, 1.807) is 0 Å². The zero-order valence-electron chi connectivity index (χ0n) is 16.7. The maximum atomic E-state index is 9.00. The minimum absolute atomic E-state index is 0. The van der Waals surface area contributed by atoms with Gasteiger partial charge in [-0.15, -0.1) is 0 Å². The Labute approximate surface area is 200 Å². The van der Waals surface area contributed by atoms with Gasteiger partial charge >= 0.3 is 0 Å². The third kappa shape index (κ3) is 235. The molecule has 0 fully saturated rings. The number of hydrogen-bond donors (Lipinski definition) is 4. The molecule has 0 amide bonds. The van der Waals surface area contributed by atoms with Crippen molar-refractivity contribution in [2.75, 3.05) is 0 Å². The van der Waals surface area contributed by atoms with Crippen molar-refractivity contribution < 1.29 is 88.5 Å². The van der Waals surface area contributed by atoms with Crippen LogP contribution in [0, 0.1) is 0 Å². The second kappa shape index (κ2) is 40.6. The van der Waals surface area contributed by atoms with Gasteiger partial charge in [-0.3, -0.25) is 19.2 Å².